The molecule has 2 aliphatic rings. The highest BCUT2D eigenvalue weighted by atomic mass is 16.6. The van der Waals surface area contributed by atoms with Crippen LogP contribution in [0.4, 0.5) is 0 Å². The molecular weight excluding hydrogens is 506 g/mol. The summed E-state index contributed by atoms with van der Waals surface area (Å²) in [5.74, 6) is -0.122. The first-order chi connectivity index (χ1) is 18.7. The average molecular weight is 540 g/mol. The minimum Gasteiger partial charge on any atom is -0.493 e. The number of benzene rings is 2. The molecule has 10 heteroatoms. The van der Waals surface area contributed by atoms with Crippen molar-refractivity contribution in [2.45, 2.75) is 50.2 Å². The van der Waals surface area contributed by atoms with E-state index in [-0.39, 0.29) is 12.1 Å². The van der Waals surface area contributed by atoms with Gasteiger partial charge >= 0.3 is 17.9 Å². The van der Waals surface area contributed by atoms with E-state index in [0.717, 1.165) is 0 Å². The van der Waals surface area contributed by atoms with E-state index in [1.807, 2.05) is 18.0 Å². The fourth-order valence-electron chi connectivity index (χ4n) is 5.29. The molecule has 4 rings (SSSR count). The second kappa shape index (κ2) is 12.2. The van der Waals surface area contributed by atoms with E-state index in [1.165, 1.54) is 34.3 Å². The van der Waals surface area contributed by atoms with E-state index in [2.05, 4.69) is 0 Å². The van der Waals surface area contributed by atoms with Crippen LogP contribution in [0.2, 0.25) is 0 Å². The molecule has 2 saturated heterocycles. The molecule has 208 valence electrons. The Bertz CT molecular complexity index is 1200. The molecule has 0 radical (unpaired) electrons. The molecule has 2 aromatic rings. The summed E-state index contributed by atoms with van der Waals surface area (Å²) in [4.78, 5) is 39.5. The molecule has 2 fully saturated rings. The number of esters is 3. The largest absolute Gasteiger partial charge is 0.493 e. The third-order valence-electron chi connectivity index (χ3n) is 7.07. The van der Waals surface area contributed by atoms with Crippen molar-refractivity contribution in [3.05, 3.63) is 59.7 Å². The van der Waals surface area contributed by atoms with Crippen LogP contribution in [-0.2, 0) is 23.8 Å². The number of carbonyl (C=O) groups is 3. The molecular formula is C29H33NO9. The molecule has 0 N–H and O–H groups in total. The maximum atomic E-state index is 12.8. The second-order valence-electron chi connectivity index (χ2n) is 9.43. The smallest absolute Gasteiger partial charge is 0.338 e. The summed E-state index contributed by atoms with van der Waals surface area (Å²) in [7, 11) is 6.44. The molecule has 5 atom stereocenters. The van der Waals surface area contributed by atoms with E-state index in [4.69, 9.17) is 28.4 Å². The van der Waals surface area contributed by atoms with Gasteiger partial charge in [0.2, 0.25) is 5.75 Å². The minimum atomic E-state index is -0.699. The first kappa shape index (κ1) is 28.0. The van der Waals surface area contributed by atoms with Crippen molar-refractivity contribution < 1.29 is 42.8 Å². The number of hydrogen-bond donors (Lipinski definition) is 0. The van der Waals surface area contributed by atoms with Gasteiger partial charge in [0.15, 0.2) is 23.7 Å². The Balaban J connectivity index is 1.47. The lowest BCUT2D eigenvalue weighted by molar-refractivity contribution is -0.153. The molecule has 2 heterocycles. The predicted octanol–water partition coefficient (Wildman–Crippen LogP) is 3.27. The maximum absolute atomic E-state index is 12.8. The van der Waals surface area contributed by atoms with Crippen molar-refractivity contribution in [2.75, 3.05) is 28.4 Å². The lowest BCUT2D eigenvalue weighted by Crippen LogP contribution is -2.46. The summed E-state index contributed by atoms with van der Waals surface area (Å²) >= 11 is 0. The van der Waals surface area contributed by atoms with Crippen LogP contribution >= 0.6 is 0 Å². The van der Waals surface area contributed by atoms with Gasteiger partial charge in [-0.05, 0) is 43.0 Å². The van der Waals surface area contributed by atoms with Crippen molar-refractivity contribution in [3.8, 4) is 17.2 Å². The van der Waals surface area contributed by atoms with Crippen LogP contribution in [0.5, 0.6) is 17.2 Å². The molecule has 0 aromatic heterocycles. The average Bonchev–Trinajstić information content (AvgIpc) is 3.06. The third-order valence-corrected chi connectivity index (χ3v) is 7.07. The van der Waals surface area contributed by atoms with Crippen molar-refractivity contribution >= 4 is 24.0 Å². The minimum absolute atomic E-state index is 0.280. The van der Waals surface area contributed by atoms with Crippen molar-refractivity contribution in [2.24, 2.45) is 0 Å². The van der Waals surface area contributed by atoms with Crippen LogP contribution in [0.3, 0.4) is 0 Å². The maximum Gasteiger partial charge on any atom is 0.338 e. The first-order valence-corrected chi connectivity index (χ1v) is 12.6. The van der Waals surface area contributed by atoms with Crippen molar-refractivity contribution in [3.63, 3.8) is 0 Å². The van der Waals surface area contributed by atoms with Gasteiger partial charge in [0.1, 0.15) is 6.10 Å². The SMILES string of the molecule is COc1cc(/C=C/C(=O)O[C@@H]2C[C@@H]3[C@@H](OC(C)=O)[C@@H](OC(=O)c4ccccc4)[C@H](C2)N3C)cc(OC)c1OC. The summed E-state index contributed by atoms with van der Waals surface area (Å²) in [6.45, 7) is 1.32. The molecule has 2 aliphatic heterocycles. The Hall–Kier alpha value is -4.05. The Morgan fingerprint density at radius 3 is 1.97 bits per heavy atom. The van der Waals surface area contributed by atoms with Gasteiger partial charge in [0.25, 0.3) is 0 Å². The van der Waals surface area contributed by atoms with Gasteiger partial charge in [-0.2, -0.15) is 0 Å². The standard InChI is InChI=1S/C29H33NO9/c1-17(31)37-26-21-15-20(16-22(30(21)2)27(26)39-29(33)19-9-7-6-8-10-19)38-25(32)12-11-18-13-23(34-3)28(36-5)24(14-18)35-4/h6-14,20-22,26-27H,15-16H2,1-5H3/b12-11+/t20-,21-,22+,26-,27+/m1/s1. The van der Waals surface area contributed by atoms with Gasteiger partial charge in [0, 0.05) is 25.8 Å². The lowest BCUT2D eigenvalue weighted by atomic mass is 10.00. The number of hydrogen-bond acceptors (Lipinski definition) is 10. The summed E-state index contributed by atoms with van der Waals surface area (Å²) in [6.07, 6.45) is 1.94. The second-order valence-corrected chi connectivity index (χ2v) is 9.43. The zero-order chi connectivity index (χ0) is 28.1. The van der Waals surface area contributed by atoms with Crippen LogP contribution in [0.1, 0.15) is 35.7 Å². The molecule has 0 amide bonds. The highest BCUT2D eigenvalue weighted by Crippen LogP contribution is 2.40. The van der Waals surface area contributed by atoms with Crippen LogP contribution < -0.4 is 14.2 Å². The van der Waals surface area contributed by atoms with E-state index in [0.29, 0.717) is 41.2 Å². The Kier molecular flexibility index (Phi) is 8.75. The molecule has 0 unspecified atom stereocenters. The topological polar surface area (TPSA) is 110 Å². The van der Waals surface area contributed by atoms with Gasteiger partial charge in [-0.15, -0.1) is 0 Å². The van der Waals surface area contributed by atoms with E-state index in [1.54, 1.807) is 42.5 Å². The summed E-state index contributed by atoms with van der Waals surface area (Å²) < 4.78 is 33.3. The van der Waals surface area contributed by atoms with Crippen molar-refractivity contribution in [1.29, 1.82) is 0 Å². The number of likely N-dealkylation sites (N-methyl/N-ethyl adjacent to an activating group) is 1. The van der Waals surface area contributed by atoms with Crippen molar-refractivity contribution in [1.82, 2.24) is 4.90 Å². The van der Waals surface area contributed by atoms with Crippen LogP contribution in [0, 0.1) is 0 Å². The number of ether oxygens (including phenoxy) is 6. The van der Waals surface area contributed by atoms with Gasteiger partial charge in [-0.1, -0.05) is 18.2 Å². The molecule has 0 saturated carbocycles. The van der Waals surface area contributed by atoms with Gasteiger partial charge in [0.05, 0.1) is 39.0 Å². The zero-order valence-electron chi connectivity index (χ0n) is 22.6. The Labute approximate surface area is 227 Å². The summed E-state index contributed by atoms with van der Waals surface area (Å²) in [5, 5.41) is 0. The fourth-order valence-corrected chi connectivity index (χ4v) is 5.29. The number of piperidine rings is 1. The number of rotatable bonds is 9. The normalized spacial score (nSPS) is 24.2. The third kappa shape index (κ3) is 6.17. The Morgan fingerprint density at radius 1 is 0.846 bits per heavy atom. The highest BCUT2D eigenvalue weighted by Gasteiger charge is 2.56. The summed E-state index contributed by atoms with van der Waals surface area (Å²) in [6, 6.07) is 11.5. The monoisotopic (exact) mass is 539 g/mol. The van der Waals surface area contributed by atoms with Crippen LogP contribution in [0.25, 0.3) is 6.08 Å². The molecule has 2 aromatic carbocycles. The fraction of sp³-hybridized carbons (Fsp3) is 0.414. The zero-order valence-corrected chi connectivity index (χ0v) is 22.6. The quantitative estimate of drug-likeness (QED) is 0.268. The Morgan fingerprint density at radius 2 is 1.44 bits per heavy atom. The number of carbonyl (C=O) groups excluding carboxylic acids is 3. The number of methoxy groups -OCH3 is 3. The molecule has 0 spiro atoms. The van der Waals surface area contributed by atoms with E-state index in [9.17, 15) is 14.4 Å². The van der Waals surface area contributed by atoms with Gasteiger partial charge in [-0.25, -0.2) is 9.59 Å². The predicted molar refractivity (Wildman–Crippen MR) is 141 cm³/mol. The number of fused-ring (bicyclic) bond motifs is 2. The van der Waals surface area contributed by atoms with Crippen LogP contribution in [-0.4, -0.2) is 81.6 Å². The van der Waals surface area contributed by atoms with Gasteiger partial charge < -0.3 is 28.4 Å². The van der Waals surface area contributed by atoms with E-state index >= 15 is 0 Å². The first-order valence-electron chi connectivity index (χ1n) is 12.6. The summed E-state index contributed by atoms with van der Waals surface area (Å²) in [5.41, 5.74) is 1.07. The molecule has 2 bridgehead atoms. The van der Waals surface area contributed by atoms with E-state index < -0.39 is 36.2 Å². The lowest BCUT2D eigenvalue weighted by Gasteiger charge is -2.35. The molecule has 0 aliphatic carbocycles. The van der Waals surface area contributed by atoms with Gasteiger partial charge in [-0.3, -0.25) is 9.69 Å². The molecule has 10 nitrogen and oxygen atoms in total. The number of nitrogens with zero attached hydrogens (tertiary/aromatic N) is 1. The highest BCUT2D eigenvalue weighted by molar-refractivity contribution is 5.89. The molecule has 39 heavy (non-hydrogen) atoms. The van der Waals surface area contributed by atoms with Crippen LogP contribution in [0.15, 0.2) is 48.5 Å².